The molecule has 1 unspecified atom stereocenters. The third-order valence-corrected chi connectivity index (χ3v) is 2.68. The fourth-order valence-electron chi connectivity index (χ4n) is 1.69. The summed E-state index contributed by atoms with van der Waals surface area (Å²) in [4.78, 5) is 0. The van der Waals surface area contributed by atoms with Gasteiger partial charge in [0.15, 0.2) is 0 Å². The third-order valence-electron chi connectivity index (χ3n) is 2.43. The predicted molar refractivity (Wildman–Crippen MR) is 68.4 cm³/mol. The molecular weight excluding hydrogens is 220 g/mol. The van der Waals surface area contributed by atoms with E-state index in [1.807, 2.05) is 41.3 Å². The molecule has 2 aromatic rings. The molecule has 0 aliphatic carbocycles. The van der Waals surface area contributed by atoms with Crippen LogP contribution in [0.25, 0.3) is 0 Å². The average molecular weight is 235 g/mol. The first kappa shape index (κ1) is 11.1. The van der Waals surface area contributed by atoms with Gasteiger partial charge in [-0.25, -0.2) is 0 Å². The van der Waals surface area contributed by atoms with Crippen LogP contribution >= 0.6 is 11.6 Å². The molecule has 1 heterocycles. The van der Waals surface area contributed by atoms with E-state index in [-0.39, 0.29) is 0 Å². The molecule has 3 heteroatoms. The van der Waals surface area contributed by atoms with Crippen molar-refractivity contribution in [3.63, 3.8) is 0 Å². The summed E-state index contributed by atoms with van der Waals surface area (Å²) >= 11 is 5.84. The highest BCUT2D eigenvalue weighted by atomic mass is 35.5. The average Bonchev–Trinajstić information content (AvgIpc) is 2.74. The molecule has 0 bridgehead atoms. The van der Waals surface area contributed by atoms with E-state index < -0.39 is 0 Å². The van der Waals surface area contributed by atoms with Gasteiger partial charge in [0.25, 0.3) is 0 Å². The minimum absolute atomic E-state index is 0.383. The summed E-state index contributed by atoms with van der Waals surface area (Å²) in [5, 5.41) is 0.787. The summed E-state index contributed by atoms with van der Waals surface area (Å²) in [7, 11) is 0. The quantitative estimate of drug-likeness (QED) is 0.859. The van der Waals surface area contributed by atoms with Gasteiger partial charge in [-0.3, -0.25) is 4.68 Å². The minimum atomic E-state index is 0.383. The second kappa shape index (κ2) is 5.08. The Morgan fingerprint density at radius 1 is 1.19 bits per heavy atom. The second-order valence-corrected chi connectivity index (χ2v) is 4.39. The van der Waals surface area contributed by atoms with Gasteiger partial charge in [0, 0.05) is 23.5 Å². The molecule has 2 rings (SSSR count). The smallest absolute Gasteiger partial charge is 0.0436 e. The van der Waals surface area contributed by atoms with Crippen molar-refractivity contribution >= 4 is 11.6 Å². The predicted octanol–water partition coefficient (Wildman–Crippen LogP) is 3.32. The molecule has 0 aliphatic heterocycles. The Morgan fingerprint density at radius 2 is 1.81 bits per heavy atom. The molecule has 1 aromatic heterocycles. The Balaban J connectivity index is 1.92. The summed E-state index contributed by atoms with van der Waals surface area (Å²) in [5.74, 6) is 0. The van der Waals surface area contributed by atoms with E-state index in [1.165, 1.54) is 5.56 Å². The Bertz CT molecular complexity index is 420. The highest BCUT2D eigenvalue weighted by Gasteiger charge is 2.02. The SMILES string of the molecule is CC(Cc1ccc(Cl)cc1)Nn1cccc1. The lowest BCUT2D eigenvalue weighted by Gasteiger charge is -2.16. The lowest BCUT2D eigenvalue weighted by Crippen LogP contribution is -2.25. The van der Waals surface area contributed by atoms with Gasteiger partial charge in [0.05, 0.1) is 0 Å². The van der Waals surface area contributed by atoms with Crippen molar-refractivity contribution in [1.29, 1.82) is 0 Å². The van der Waals surface area contributed by atoms with Crippen LogP contribution in [0, 0.1) is 0 Å². The van der Waals surface area contributed by atoms with Gasteiger partial charge >= 0.3 is 0 Å². The molecule has 0 saturated heterocycles. The van der Waals surface area contributed by atoms with Crippen molar-refractivity contribution in [3.05, 3.63) is 59.4 Å². The first-order valence-electron chi connectivity index (χ1n) is 5.38. The van der Waals surface area contributed by atoms with Gasteiger partial charge in [0.1, 0.15) is 0 Å². The second-order valence-electron chi connectivity index (χ2n) is 3.95. The molecule has 0 spiro atoms. The van der Waals surface area contributed by atoms with Crippen LogP contribution in [0.1, 0.15) is 12.5 Å². The number of hydrogen-bond acceptors (Lipinski definition) is 1. The summed E-state index contributed by atoms with van der Waals surface area (Å²) < 4.78 is 1.97. The number of halogens is 1. The van der Waals surface area contributed by atoms with Crippen molar-refractivity contribution in [2.45, 2.75) is 19.4 Å². The van der Waals surface area contributed by atoms with Gasteiger partial charge in [-0.1, -0.05) is 23.7 Å². The molecule has 0 amide bonds. The van der Waals surface area contributed by atoms with E-state index in [4.69, 9.17) is 11.6 Å². The van der Waals surface area contributed by atoms with Crippen LogP contribution in [0.2, 0.25) is 5.02 Å². The fourth-order valence-corrected chi connectivity index (χ4v) is 1.82. The fraction of sp³-hybridized carbons (Fsp3) is 0.231. The molecule has 1 N–H and O–H groups in total. The Labute approximate surface area is 101 Å². The van der Waals surface area contributed by atoms with Crippen molar-refractivity contribution in [1.82, 2.24) is 4.68 Å². The van der Waals surface area contributed by atoms with Crippen LogP contribution in [-0.2, 0) is 6.42 Å². The number of rotatable bonds is 4. The number of nitrogens with one attached hydrogen (secondary N) is 1. The van der Waals surface area contributed by atoms with E-state index in [1.54, 1.807) is 0 Å². The normalized spacial score (nSPS) is 12.4. The molecule has 1 atom stereocenters. The molecule has 1 aromatic carbocycles. The molecular formula is C13H15ClN2. The molecule has 84 valence electrons. The standard InChI is InChI=1S/C13H15ClN2/c1-11(15-16-8-2-3-9-16)10-12-4-6-13(14)7-5-12/h2-9,11,15H,10H2,1H3. The van der Waals surface area contributed by atoms with Gasteiger partial charge in [-0.05, 0) is 43.2 Å². The Morgan fingerprint density at radius 3 is 2.44 bits per heavy atom. The summed E-state index contributed by atoms with van der Waals surface area (Å²) in [6.45, 7) is 2.16. The summed E-state index contributed by atoms with van der Waals surface area (Å²) in [6, 6.07) is 12.4. The molecule has 0 saturated carbocycles. The third kappa shape index (κ3) is 3.04. The van der Waals surface area contributed by atoms with E-state index in [0.29, 0.717) is 6.04 Å². The molecule has 0 radical (unpaired) electrons. The first-order valence-corrected chi connectivity index (χ1v) is 5.76. The number of aromatic nitrogens is 1. The first-order chi connectivity index (χ1) is 7.74. The maximum Gasteiger partial charge on any atom is 0.0436 e. The molecule has 0 fully saturated rings. The maximum absolute atomic E-state index is 5.84. The van der Waals surface area contributed by atoms with Crippen molar-refractivity contribution < 1.29 is 0 Å². The highest BCUT2D eigenvalue weighted by molar-refractivity contribution is 6.30. The van der Waals surface area contributed by atoms with Crippen LogP contribution < -0.4 is 5.43 Å². The number of hydrogen-bond donors (Lipinski definition) is 1. The van der Waals surface area contributed by atoms with E-state index in [0.717, 1.165) is 11.4 Å². The lowest BCUT2D eigenvalue weighted by atomic mass is 10.1. The van der Waals surface area contributed by atoms with Crippen LogP contribution in [0.5, 0.6) is 0 Å². The maximum atomic E-state index is 5.84. The monoisotopic (exact) mass is 234 g/mol. The summed E-state index contributed by atoms with van der Waals surface area (Å²) in [5.41, 5.74) is 4.66. The van der Waals surface area contributed by atoms with Crippen molar-refractivity contribution in [3.8, 4) is 0 Å². The number of nitrogens with zero attached hydrogens (tertiary/aromatic N) is 1. The van der Waals surface area contributed by atoms with Crippen LogP contribution in [0.4, 0.5) is 0 Å². The zero-order valence-electron chi connectivity index (χ0n) is 9.23. The van der Waals surface area contributed by atoms with Gasteiger partial charge in [-0.2, -0.15) is 0 Å². The van der Waals surface area contributed by atoms with Gasteiger partial charge in [-0.15, -0.1) is 0 Å². The van der Waals surface area contributed by atoms with Crippen LogP contribution in [-0.4, -0.2) is 10.7 Å². The zero-order valence-corrected chi connectivity index (χ0v) is 9.98. The minimum Gasteiger partial charge on any atom is -0.323 e. The van der Waals surface area contributed by atoms with E-state index >= 15 is 0 Å². The Hall–Kier alpha value is -1.41. The zero-order chi connectivity index (χ0) is 11.4. The highest BCUT2D eigenvalue weighted by Crippen LogP contribution is 2.11. The van der Waals surface area contributed by atoms with Crippen molar-refractivity contribution in [2.24, 2.45) is 0 Å². The van der Waals surface area contributed by atoms with Gasteiger partial charge < -0.3 is 5.43 Å². The lowest BCUT2D eigenvalue weighted by molar-refractivity contribution is 0.682. The Kier molecular flexibility index (Phi) is 3.52. The topological polar surface area (TPSA) is 17.0 Å². The van der Waals surface area contributed by atoms with Crippen LogP contribution in [0.15, 0.2) is 48.8 Å². The summed E-state index contributed by atoms with van der Waals surface area (Å²) in [6.07, 6.45) is 4.98. The van der Waals surface area contributed by atoms with Gasteiger partial charge in [0.2, 0.25) is 0 Å². The van der Waals surface area contributed by atoms with Crippen molar-refractivity contribution in [2.75, 3.05) is 5.43 Å². The molecule has 0 aliphatic rings. The molecule has 2 nitrogen and oxygen atoms in total. The molecule has 16 heavy (non-hydrogen) atoms. The van der Waals surface area contributed by atoms with Crippen LogP contribution in [0.3, 0.4) is 0 Å². The van der Waals surface area contributed by atoms with E-state index in [2.05, 4.69) is 24.5 Å². The largest absolute Gasteiger partial charge is 0.323 e. The van der Waals surface area contributed by atoms with E-state index in [9.17, 15) is 0 Å². The number of benzene rings is 1.